The minimum Gasteiger partial charge on any atom is -0.393 e. The van der Waals surface area contributed by atoms with Gasteiger partial charge in [0.1, 0.15) is 0 Å². The molecule has 5 aliphatic rings. The zero-order chi connectivity index (χ0) is 24.3. The second-order valence-electron chi connectivity index (χ2n) is 15.1. The van der Waals surface area contributed by atoms with Gasteiger partial charge in [-0.25, -0.2) is 0 Å². The van der Waals surface area contributed by atoms with Gasteiger partial charge in [-0.15, -0.1) is 0 Å². The molecule has 5 aliphatic carbocycles. The quantitative estimate of drug-likeness (QED) is 0.436. The smallest absolute Gasteiger partial charge is 0.0833 e. The van der Waals surface area contributed by atoms with E-state index in [0.29, 0.717) is 23.2 Å². The minimum absolute atomic E-state index is 0.0432. The van der Waals surface area contributed by atoms with Gasteiger partial charge in [0.25, 0.3) is 0 Å². The molecule has 5 saturated carbocycles. The number of aliphatic hydroxyl groups is 3. The topological polar surface area (TPSA) is 60.7 Å². The molecule has 0 aromatic rings. The zero-order valence-electron chi connectivity index (χ0n) is 22.4. The van der Waals surface area contributed by atoms with Crippen molar-refractivity contribution in [1.29, 1.82) is 0 Å². The Balaban J connectivity index is 1.43. The molecule has 3 nitrogen and oxygen atoms in total. The lowest BCUT2D eigenvalue weighted by molar-refractivity contribution is -0.169. The fraction of sp³-hybridized carbons (Fsp3) is 0.933. The highest BCUT2D eigenvalue weighted by Gasteiger charge is 2.82. The van der Waals surface area contributed by atoms with E-state index in [4.69, 9.17) is 0 Å². The van der Waals surface area contributed by atoms with Gasteiger partial charge in [-0.05, 0) is 130 Å². The summed E-state index contributed by atoms with van der Waals surface area (Å²) in [5.41, 5.74) is -0.156. The Hall–Kier alpha value is -0.380. The van der Waals surface area contributed by atoms with Crippen LogP contribution in [0.1, 0.15) is 113 Å². The molecule has 33 heavy (non-hydrogen) atoms. The first-order valence-electron chi connectivity index (χ1n) is 13.9. The van der Waals surface area contributed by atoms with Crippen LogP contribution in [0.25, 0.3) is 0 Å². The number of aliphatic hydroxyl groups excluding tert-OH is 1. The monoisotopic (exact) mass is 458 g/mol. The molecule has 0 radical (unpaired) electrons. The van der Waals surface area contributed by atoms with E-state index < -0.39 is 11.2 Å². The summed E-state index contributed by atoms with van der Waals surface area (Å²) >= 11 is 0. The fourth-order valence-corrected chi connectivity index (χ4v) is 11.0. The molecule has 5 fully saturated rings. The Bertz CT molecular complexity index is 836. The summed E-state index contributed by atoms with van der Waals surface area (Å²) in [5, 5.41) is 32.6. The van der Waals surface area contributed by atoms with E-state index in [9.17, 15) is 15.3 Å². The van der Waals surface area contributed by atoms with Gasteiger partial charge in [0.05, 0.1) is 17.3 Å². The summed E-state index contributed by atoms with van der Waals surface area (Å²) in [4.78, 5) is 0. The van der Waals surface area contributed by atoms with E-state index in [1.165, 1.54) is 44.9 Å². The molecule has 0 aromatic carbocycles. The molecule has 9 unspecified atom stereocenters. The summed E-state index contributed by atoms with van der Waals surface area (Å²) in [5.74, 6) is 1.69. The largest absolute Gasteiger partial charge is 0.393 e. The third kappa shape index (κ3) is 3.03. The summed E-state index contributed by atoms with van der Waals surface area (Å²) in [7, 11) is 0. The van der Waals surface area contributed by atoms with Crippen molar-refractivity contribution in [3.05, 3.63) is 12.2 Å². The highest BCUT2D eigenvalue weighted by Crippen LogP contribution is 2.89. The highest BCUT2D eigenvalue weighted by molar-refractivity contribution is 5.31. The van der Waals surface area contributed by atoms with Crippen molar-refractivity contribution < 1.29 is 15.3 Å². The molecule has 188 valence electrons. The Morgan fingerprint density at radius 2 is 1.42 bits per heavy atom. The molecule has 2 spiro atoms. The first-order valence-corrected chi connectivity index (χ1v) is 13.9. The van der Waals surface area contributed by atoms with Gasteiger partial charge in [0, 0.05) is 0 Å². The molecular weight excluding hydrogens is 408 g/mol. The van der Waals surface area contributed by atoms with Crippen molar-refractivity contribution in [2.24, 2.45) is 44.8 Å². The van der Waals surface area contributed by atoms with Gasteiger partial charge >= 0.3 is 0 Å². The van der Waals surface area contributed by atoms with Crippen LogP contribution in [0.2, 0.25) is 0 Å². The summed E-state index contributed by atoms with van der Waals surface area (Å²) in [6.07, 6.45) is 15.5. The van der Waals surface area contributed by atoms with Gasteiger partial charge in [0.15, 0.2) is 0 Å². The van der Waals surface area contributed by atoms with E-state index in [1.807, 2.05) is 32.9 Å². The third-order valence-corrected chi connectivity index (χ3v) is 12.9. The predicted octanol–water partition coefficient (Wildman–Crippen LogP) is 6.25. The average molecular weight is 459 g/mol. The van der Waals surface area contributed by atoms with E-state index in [1.54, 1.807) is 0 Å². The summed E-state index contributed by atoms with van der Waals surface area (Å²) in [6, 6.07) is 0. The molecule has 0 saturated heterocycles. The number of hydrogen-bond donors (Lipinski definition) is 3. The number of hydrogen-bond acceptors (Lipinski definition) is 3. The molecule has 0 bridgehead atoms. The van der Waals surface area contributed by atoms with Crippen molar-refractivity contribution in [3.8, 4) is 0 Å². The van der Waals surface area contributed by atoms with E-state index in [-0.39, 0.29) is 28.3 Å². The molecule has 3 N–H and O–H groups in total. The van der Waals surface area contributed by atoms with Crippen LogP contribution in [-0.4, -0.2) is 32.6 Å². The van der Waals surface area contributed by atoms with Crippen molar-refractivity contribution in [3.63, 3.8) is 0 Å². The lowest BCUT2D eigenvalue weighted by atomic mass is 9.41. The Morgan fingerprint density at radius 1 is 0.788 bits per heavy atom. The summed E-state index contributed by atoms with van der Waals surface area (Å²) < 4.78 is 0. The first kappa shape index (κ1) is 24.3. The Morgan fingerprint density at radius 3 is 2.09 bits per heavy atom. The second kappa shape index (κ2) is 6.88. The SMILES string of the molecule is CC(C)(O)CC=CC(C)(O)C1CCC2(C)C3CCC4C(C)(C)C(O)CCC45CC35CCC12C. The van der Waals surface area contributed by atoms with Crippen LogP contribution in [0.4, 0.5) is 0 Å². The van der Waals surface area contributed by atoms with Crippen molar-refractivity contribution in [2.75, 3.05) is 0 Å². The maximum absolute atomic E-state index is 11.7. The Kier molecular flexibility index (Phi) is 5.07. The van der Waals surface area contributed by atoms with Crippen molar-refractivity contribution in [2.45, 2.75) is 130 Å². The van der Waals surface area contributed by atoms with Crippen LogP contribution in [0.5, 0.6) is 0 Å². The van der Waals surface area contributed by atoms with Crippen molar-refractivity contribution in [1.82, 2.24) is 0 Å². The van der Waals surface area contributed by atoms with E-state index in [2.05, 4.69) is 27.7 Å². The van der Waals surface area contributed by atoms with Gasteiger partial charge < -0.3 is 15.3 Å². The second-order valence-corrected chi connectivity index (χ2v) is 15.1. The van der Waals surface area contributed by atoms with Gasteiger partial charge in [-0.2, -0.15) is 0 Å². The van der Waals surface area contributed by atoms with Crippen LogP contribution in [0.3, 0.4) is 0 Å². The molecule has 5 rings (SSSR count). The fourth-order valence-electron chi connectivity index (χ4n) is 11.0. The van der Waals surface area contributed by atoms with Crippen LogP contribution in [-0.2, 0) is 0 Å². The average Bonchev–Trinajstić information content (AvgIpc) is 3.26. The van der Waals surface area contributed by atoms with Crippen molar-refractivity contribution >= 4 is 0 Å². The number of fused-ring (bicyclic) bond motifs is 2. The molecular formula is C30H50O3. The lowest BCUT2D eigenvalue weighted by Gasteiger charge is -2.63. The van der Waals surface area contributed by atoms with E-state index in [0.717, 1.165) is 18.8 Å². The number of rotatable bonds is 4. The predicted molar refractivity (Wildman–Crippen MR) is 134 cm³/mol. The molecule has 0 aromatic heterocycles. The molecule has 0 aliphatic heterocycles. The first-order chi connectivity index (χ1) is 15.1. The van der Waals surface area contributed by atoms with Crippen LogP contribution >= 0.6 is 0 Å². The third-order valence-electron chi connectivity index (χ3n) is 12.9. The molecule has 0 heterocycles. The van der Waals surface area contributed by atoms with Gasteiger partial charge in [0.2, 0.25) is 0 Å². The van der Waals surface area contributed by atoms with Gasteiger partial charge in [-0.3, -0.25) is 0 Å². The maximum atomic E-state index is 11.7. The molecule has 3 heteroatoms. The normalized spacial score (nSPS) is 52.4. The zero-order valence-corrected chi connectivity index (χ0v) is 22.4. The van der Waals surface area contributed by atoms with Gasteiger partial charge in [-0.1, -0.05) is 39.8 Å². The maximum Gasteiger partial charge on any atom is 0.0833 e. The van der Waals surface area contributed by atoms with Crippen LogP contribution in [0.15, 0.2) is 12.2 Å². The Labute approximate surface area is 202 Å². The minimum atomic E-state index is -0.836. The van der Waals surface area contributed by atoms with E-state index >= 15 is 0 Å². The molecule has 0 amide bonds. The lowest BCUT2D eigenvalue weighted by Crippen LogP contribution is -2.58. The molecule has 9 atom stereocenters. The van der Waals surface area contributed by atoms with Crippen LogP contribution < -0.4 is 0 Å². The highest BCUT2D eigenvalue weighted by atomic mass is 16.3. The van der Waals surface area contributed by atoms with Crippen LogP contribution in [0, 0.1) is 44.8 Å². The summed E-state index contributed by atoms with van der Waals surface area (Å²) in [6.45, 7) is 15.4. The standard InChI is InChI=1S/C30H50O3/c1-24(2,32)13-8-14-28(7,33)21-11-15-26(5)22-10-9-20-25(3,4)23(31)12-16-29(20)19-30(22,29)18-17-27(21,26)6/h8,14,20-23,31-33H,9-13,15-19H2,1-7H3.